The lowest BCUT2D eigenvalue weighted by Crippen LogP contribution is -1.94. The van der Waals surface area contributed by atoms with Gasteiger partial charge in [0, 0.05) is 11.6 Å². The van der Waals surface area contributed by atoms with E-state index < -0.39 is 0 Å². The van der Waals surface area contributed by atoms with Crippen molar-refractivity contribution in [3.63, 3.8) is 0 Å². The van der Waals surface area contributed by atoms with Crippen LogP contribution in [0.25, 0.3) is 16.6 Å². The van der Waals surface area contributed by atoms with Crippen LogP contribution >= 0.6 is 0 Å². The predicted molar refractivity (Wildman–Crippen MR) is 70.4 cm³/mol. The highest BCUT2D eigenvalue weighted by Crippen LogP contribution is 2.15. The molecule has 0 bridgehead atoms. The van der Waals surface area contributed by atoms with Crippen LogP contribution in [0.5, 0.6) is 0 Å². The minimum Gasteiger partial charge on any atom is -0.240 e. The second-order valence-electron chi connectivity index (χ2n) is 4.15. The number of nitrogens with zero attached hydrogens (tertiary/aromatic N) is 2. The average molecular weight is 222 g/mol. The second-order valence-corrected chi connectivity index (χ2v) is 4.15. The zero-order valence-corrected chi connectivity index (χ0v) is 9.80. The van der Waals surface area contributed by atoms with Gasteiger partial charge < -0.3 is 0 Å². The molecule has 0 radical (unpaired) electrons. The summed E-state index contributed by atoms with van der Waals surface area (Å²) in [5, 5.41) is 5.73. The molecule has 0 atom stereocenters. The smallest absolute Gasteiger partial charge is 0.0927 e. The van der Waals surface area contributed by atoms with Gasteiger partial charge in [-0.3, -0.25) is 0 Å². The zero-order chi connectivity index (χ0) is 11.7. The third-order valence-electron chi connectivity index (χ3n) is 3.02. The summed E-state index contributed by atoms with van der Waals surface area (Å²) in [4.78, 5) is 0. The van der Waals surface area contributed by atoms with E-state index in [4.69, 9.17) is 0 Å². The van der Waals surface area contributed by atoms with E-state index in [0.29, 0.717) is 0 Å². The first-order chi connectivity index (χ1) is 8.36. The SMILES string of the molecule is CCc1ccc(-n2cc3ccccc3n2)cc1. The molecule has 0 N–H and O–H groups in total. The zero-order valence-electron chi connectivity index (χ0n) is 9.80. The number of hydrogen-bond donors (Lipinski definition) is 0. The van der Waals surface area contributed by atoms with E-state index in [9.17, 15) is 0 Å². The lowest BCUT2D eigenvalue weighted by Gasteiger charge is -2.01. The summed E-state index contributed by atoms with van der Waals surface area (Å²) in [6, 6.07) is 16.7. The van der Waals surface area contributed by atoms with Crippen molar-refractivity contribution in [1.29, 1.82) is 0 Å². The molecule has 0 aliphatic rings. The van der Waals surface area contributed by atoms with Gasteiger partial charge in [-0.15, -0.1) is 0 Å². The van der Waals surface area contributed by atoms with Gasteiger partial charge in [0.15, 0.2) is 0 Å². The maximum Gasteiger partial charge on any atom is 0.0927 e. The van der Waals surface area contributed by atoms with Crippen molar-refractivity contribution in [2.45, 2.75) is 13.3 Å². The molecule has 2 nitrogen and oxygen atoms in total. The van der Waals surface area contributed by atoms with Crippen LogP contribution in [0.4, 0.5) is 0 Å². The fourth-order valence-corrected chi connectivity index (χ4v) is 1.98. The van der Waals surface area contributed by atoms with Crippen LogP contribution in [0.2, 0.25) is 0 Å². The Bertz CT molecular complexity index is 602. The molecule has 0 unspecified atom stereocenters. The minimum absolute atomic E-state index is 1.03. The molecule has 2 heteroatoms. The molecule has 0 saturated heterocycles. The molecule has 1 aromatic heterocycles. The van der Waals surface area contributed by atoms with Gasteiger partial charge in [-0.1, -0.05) is 37.3 Å². The Kier molecular flexibility index (Phi) is 2.41. The van der Waals surface area contributed by atoms with E-state index in [1.54, 1.807) is 0 Å². The molecule has 3 aromatic rings. The van der Waals surface area contributed by atoms with Crippen molar-refractivity contribution < 1.29 is 0 Å². The van der Waals surface area contributed by atoms with Crippen LogP contribution in [0.3, 0.4) is 0 Å². The first-order valence-corrected chi connectivity index (χ1v) is 5.90. The van der Waals surface area contributed by atoms with Crippen molar-refractivity contribution in [3.05, 3.63) is 60.3 Å². The van der Waals surface area contributed by atoms with Crippen LogP contribution in [-0.2, 0) is 6.42 Å². The number of aryl methyl sites for hydroxylation is 1. The Labute approximate surface area is 101 Å². The van der Waals surface area contributed by atoms with E-state index in [0.717, 1.165) is 17.6 Å². The lowest BCUT2D eigenvalue weighted by molar-refractivity contribution is 0.895. The Morgan fingerprint density at radius 1 is 1.00 bits per heavy atom. The van der Waals surface area contributed by atoms with Gasteiger partial charge in [0.2, 0.25) is 0 Å². The normalized spacial score (nSPS) is 10.9. The lowest BCUT2D eigenvalue weighted by atomic mass is 10.1. The maximum atomic E-state index is 4.56. The fraction of sp³-hybridized carbons (Fsp3) is 0.133. The molecule has 84 valence electrons. The maximum absolute atomic E-state index is 4.56. The highest BCUT2D eigenvalue weighted by atomic mass is 15.3. The molecule has 0 aliphatic heterocycles. The van der Waals surface area contributed by atoms with Gasteiger partial charge in [0.25, 0.3) is 0 Å². The summed E-state index contributed by atoms with van der Waals surface area (Å²) >= 11 is 0. The highest BCUT2D eigenvalue weighted by Gasteiger charge is 2.01. The summed E-state index contributed by atoms with van der Waals surface area (Å²) in [5.74, 6) is 0. The second kappa shape index (κ2) is 4.06. The number of fused-ring (bicyclic) bond motifs is 1. The molecule has 0 saturated carbocycles. The van der Waals surface area contributed by atoms with E-state index in [1.165, 1.54) is 10.9 Å². The molecular formula is C15H14N2. The highest BCUT2D eigenvalue weighted by molar-refractivity contribution is 5.78. The van der Waals surface area contributed by atoms with Crippen LogP contribution in [0, 0.1) is 0 Å². The van der Waals surface area contributed by atoms with Crippen LogP contribution in [-0.4, -0.2) is 9.78 Å². The summed E-state index contributed by atoms with van der Waals surface area (Å²) < 4.78 is 1.93. The van der Waals surface area contributed by atoms with Crippen LogP contribution in [0.1, 0.15) is 12.5 Å². The molecular weight excluding hydrogens is 208 g/mol. The first kappa shape index (κ1) is 10.1. The Morgan fingerprint density at radius 3 is 2.47 bits per heavy atom. The third kappa shape index (κ3) is 1.82. The molecule has 0 fully saturated rings. The summed E-state index contributed by atoms with van der Waals surface area (Å²) in [7, 11) is 0. The monoisotopic (exact) mass is 222 g/mol. The van der Waals surface area contributed by atoms with Gasteiger partial charge in [-0.05, 0) is 30.2 Å². The molecule has 0 spiro atoms. The van der Waals surface area contributed by atoms with Crippen molar-refractivity contribution in [3.8, 4) is 5.69 Å². The van der Waals surface area contributed by atoms with E-state index >= 15 is 0 Å². The van der Waals surface area contributed by atoms with Gasteiger partial charge in [-0.2, -0.15) is 5.10 Å². The molecule has 0 amide bonds. The summed E-state index contributed by atoms with van der Waals surface area (Å²) in [6.45, 7) is 2.16. The van der Waals surface area contributed by atoms with Crippen molar-refractivity contribution in [1.82, 2.24) is 9.78 Å². The van der Waals surface area contributed by atoms with E-state index in [2.05, 4.69) is 48.6 Å². The largest absolute Gasteiger partial charge is 0.240 e. The summed E-state index contributed by atoms with van der Waals surface area (Å²) in [6.07, 6.45) is 3.14. The third-order valence-corrected chi connectivity index (χ3v) is 3.02. The Hall–Kier alpha value is -2.09. The quantitative estimate of drug-likeness (QED) is 0.648. The number of aromatic nitrogens is 2. The minimum atomic E-state index is 1.03. The van der Waals surface area contributed by atoms with Gasteiger partial charge >= 0.3 is 0 Å². The molecule has 3 rings (SSSR count). The van der Waals surface area contributed by atoms with Gasteiger partial charge in [-0.25, -0.2) is 4.68 Å². The topological polar surface area (TPSA) is 17.8 Å². The first-order valence-electron chi connectivity index (χ1n) is 5.90. The molecule has 2 aromatic carbocycles. The number of hydrogen-bond acceptors (Lipinski definition) is 1. The van der Waals surface area contributed by atoms with Crippen LogP contribution < -0.4 is 0 Å². The predicted octanol–water partition coefficient (Wildman–Crippen LogP) is 3.59. The van der Waals surface area contributed by atoms with Crippen LogP contribution in [0.15, 0.2) is 54.7 Å². The standard InChI is InChI=1S/C15H14N2/c1-2-12-7-9-14(10-8-12)17-11-13-5-3-4-6-15(13)16-17/h3-11H,2H2,1H3. The van der Waals surface area contributed by atoms with Crippen molar-refractivity contribution >= 4 is 10.9 Å². The number of benzene rings is 2. The van der Waals surface area contributed by atoms with Gasteiger partial charge in [0.05, 0.1) is 11.2 Å². The Balaban J connectivity index is 2.07. The molecule has 17 heavy (non-hydrogen) atoms. The number of rotatable bonds is 2. The fourth-order valence-electron chi connectivity index (χ4n) is 1.98. The van der Waals surface area contributed by atoms with E-state index in [1.807, 2.05) is 22.9 Å². The van der Waals surface area contributed by atoms with Crippen molar-refractivity contribution in [2.75, 3.05) is 0 Å². The van der Waals surface area contributed by atoms with Gasteiger partial charge in [0.1, 0.15) is 0 Å². The Morgan fingerprint density at radius 2 is 1.76 bits per heavy atom. The summed E-state index contributed by atoms with van der Waals surface area (Å²) in [5.41, 5.74) is 3.50. The molecule has 0 aliphatic carbocycles. The van der Waals surface area contributed by atoms with E-state index in [-0.39, 0.29) is 0 Å². The average Bonchev–Trinajstić information content (AvgIpc) is 2.82. The van der Waals surface area contributed by atoms with Crippen molar-refractivity contribution in [2.24, 2.45) is 0 Å². The molecule has 1 heterocycles.